The van der Waals surface area contributed by atoms with Crippen LogP contribution in [0.3, 0.4) is 0 Å². The average molecular weight is 421 g/mol. The zero-order valence-corrected chi connectivity index (χ0v) is 17.4. The van der Waals surface area contributed by atoms with Gasteiger partial charge in [0.2, 0.25) is 11.8 Å². The Labute approximate surface area is 178 Å². The van der Waals surface area contributed by atoms with Gasteiger partial charge in [-0.15, -0.1) is 0 Å². The Morgan fingerprint density at radius 1 is 1.10 bits per heavy atom. The Balaban J connectivity index is 1.72. The van der Waals surface area contributed by atoms with Gasteiger partial charge in [0, 0.05) is 23.1 Å². The molecule has 0 aliphatic carbocycles. The maximum atomic E-state index is 13.9. The van der Waals surface area contributed by atoms with E-state index in [1.807, 2.05) is 0 Å². The quantitative estimate of drug-likeness (QED) is 0.665. The number of halogens is 2. The Morgan fingerprint density at radius 3 is 2.61 bits per heavy atom. The molecule has 3 aromatic rings. The number of anilines is 2. The summed E-state index contributed by atoms with van der Waals surface area (Å²) >= 11 is 0. The van der Waals surface area contributed by atoms with Crippen LogP contribution in [0.2, 0.25) is 0 Å². The van der Waals surface area contributed by atoms with Crippen molar-refractivity contribution in [3.8, 4) is 11.1 Å². The number of fused-ring (bicyclic) bond motifs is 3. The highest BCUT2D eigenvalue weighted by molar-refractivity contribution is 6.09. The number of aryl methyl sites for hydroxylation is 2. The number of carbonyl (C=O) groups is 2. The monoisotopic (exact) mass is 421 g/mol. The molecule has 4 rings (SSSR count). The molecule has 31 heavy (non-hydrogen) atoms. The van der Waals surface area contributed by atoms with Crippen LogP contribution in [0.5, 0.6) is 0 Å². The number of nitrogens with zero attached hydrogens (tertiary/aromatic N) is 2. The second-order valence-electron chi connectivity index (χ2n) is 7.73. The molecule has 2 amide bonds. The number of amides is 2. The molecule has 158 valence electrons. The molecule has 0 saturated heterocycles. The normalized spacial score (nSPS) is 15.2. The van der Waals surface area contributed by atoms with Gasteiger partial charge in [0.15, 0.2) is 0 Å². The van der Waals surface area contributed by atoms with Crippen molar-refractivity contribution in [1.29, 1.82) is 0 Å². The van der Waals surface area contributed by atoms with Crippen LogP contribution in [0, 0.1) is 25.5 Å². The highest BCUT2D eigenvalue weighted by atomic mass is 19.1. The van der Waals surface area contributed by atoms with Gasteiger partial charge >= 0.3 is 0 Å². The van der Waals surface area contributed by atoms with Crippen molar-refractivity contribution in [1.82, 2.24) is 4.98 Å². The summed E-state index contributed by atoms with van der Waals surface area (Å²) in [6.07, 6.45) is 1.63. The lowest BCUT2D eigenvalue weighted by molar-refractivity contribution is -0.122. The van der Waals surface area contributed by atoms with Crippen molar-refractivity contribution < 1.29 is 18.4 Å². The van der Waals surface area contributed by atoms with Crippen molar-refractivity contribution in [2.45, 2.75) is 26.7 Å². The lowest BCUT2D eigenvalue weighted by Crippen LogP contribution is -2.40. The number of nitrogens with one attached hydrogen (secondary N) is 1. The fraction of sp³-hybridized carbons (Fsp3) is 0.208. The molecule has 5 nitrogen and oxygen atoms in total. The van der Waals surface area contributed by atoms with Crippen LogP contribution in [0.1, 0.15) is 29.7 Å². The maximum Gasteiger partial charge on any atom is 0.244 e. The SMILES string of the molecule is Cc1cc2c(cn1)-c1ccc(F)cc1[C@H](C)C(=O)N2CC(=O)Nc1ccc(C)c(F)c1. The molecule has 1 N–H and O–H groups in total. The van der Waals surface area contributed by atoms with Crippen molar-refractivity contribution in [2.75, 3.05) is 16.8 Å². The van der Waals surface area contributed by atoms with Crippen LogP contribution < -0.4 is 10.2 Å². The first-order valence-corrected chi connectivity index (χ1v) is 9.88. The summed E-state index contributed by atoms with van der Waals surface area (Å²) in [5, 5.41) is 2.64. The lowest BCUT2D eigenvalue weighted by atomic mass is 9.93. The molecule has 1 atom stereocenters. The number of aromatic nitrogens is 1. The Morgan fingerprint density at radius 2 is 1.87 bits per heavy atom. The van der Waals surface area contributed by atoms with E-state index in [1.165, 1.54) is 23.1 Å². The summed E-state index contributed by atoms with van der Waals surface area (Å²) in [5.74, 6) is -2.33. The first-order chi connectivity index (χ1) is 14.7. The zero-order chi connectivity index (χ0) is 22.3. The minimum Gasteiger partial charge on any atom is -0.324 e. The van der Waals surface area contributed by atoms with Gasteiger partial charge in [-0.25, -0.2) is 8.78 Å². The van der Waals surface area contributed by atoms with E-state index in [4.69, 9.17) is 0 Å². The van der Waals surface area contributed by atoms with E-state index in [0.717, 1.165) is 0 Å². The highest BCUT2D eigenvalue weighted by Crippen LogP contribution is 2.41. The summed E-state index contributed by atoms with van der Waals surface area (Å²) in [4.78, 5) is 31.8. The third kappa shape index (κ3) is 3.91. The highest BCUT2D eigenvalue weighted by Gasteiger charge is 2.33. The molecule has 0 unspecified atom stereocenters. The summed E-state index contributed by atoms with van der Waals surface area (Å²) in [6, 6.07) is 10.5. The fourth-order valence-electron chi connectivity index (χ4n) is 3.78. The summed E-state index contributed by atoms with van der Waals surface area (Å²) in [7, 11) is 0. The number of rotatable bonds is 3. The van der Waals surface area contributed by atoms with Crippen LogP contribution in [0.25, 0.3) is 11.1 Å². The van der Waals surface area contributed by atoms with Crippen molar-refractivity contribution in [3.63, 3.8) is 0 Å². The molecule has 2 aromatic carbocycles. The predicted octanol–water partition coefficient (Wildman–Crippen LogP) is 4.73. The molecule has 1 aromatic heterocycles. The molecule has 0 spiro atoms. The minimum absolute atomic E-state index is 0.272. The molecule has 7 heteroatoms. The van der Waals surface area contributed by atoms with Gasteiger partial charge in [-0.1, -0.05) is 12.1 Å². The maximum absolute atomic E-state index is 13.9. The molecular weight excluding hydrogens is 400 g/mol. The van der Waals surface area contributed by atoms with Crippen LogP contribution in [-0.2, 0) is 9.59 Å². The van der Waals surface area contributed by atoms with Gasteiger partial charge in [0.25, 0.3) is 0 Å². The van der Waals surface area contributed by atoms with E-state index in [1.54, 1.807) is 51.2 Å². The molecule has 0 radical (unpaired) electrons. The van der Waals surface area contributed by atoms with Crippen molar-refractivity contribution in [3.05, 3.63) is 77.1 Å². The van der Waals surface area contributed by atoms with E-state index in [2.05, 4.69) is 10.3 Å². The summed E-state index contributed by atoms with van der Waals surface area (Å²) in [5.41, 5.74) is 3.87. The molecule has 2 heterocycles. The van der Waals surface area contributed by atoms with Gasteiger partial charge in [-0.3, -0.25) is 14.6 Å². The van der Waals surface area contributed by atoms with E-state index in [9.17, 15) is 18.4 Å². The van der Waals surface area contributed by atoms with Gasteiger partial charge in [0.05, 0.1) is 11.6 Å². The number of carbonyl (C=O) groups excluding carboxylic acids is 2. The van der Waals surface area contributed by atoms with Crippen LogP contribution in [0.15, 0.2) is 48.7 Å². The number of benzene rings is 2. The second-order valence-corrected chi connectivity index (χ2v) is 7.73. The standard InChI is InChI=1S/C24H21F2N3O2/c1-13-4-6-17(10-21(13)26)28-23(30)12-29-22-8-14(2)27-11-20(22)18-7-5-16(25)9-19(18)15(3)24(29)31/h4-11,15H,12H2,1-3H3,(H,28,30)/t15-/m0/s1. The van der Waals surface area contributed by atoms with E-state index in [-0.39, 0.29) is 12.5 Å². The Kier molecular flexibility index (Phi) is 5.27. The summed E-state index contributed by atoms with van der Waals surface area (Å²) in [6.45, 7) is 4.84. The number of pyridine rings is 1. The minimum atomic E-state index is -0.664. The van der Waals surface area contributed by atoms with Gasteiger partial charge in [0.1, 0.15) is 18.2 Å². The molecule has 0 bridgehead atoms. The molecule has 1 aliphatic rings. The smallest absolute Gasteiger partial charge is 0.244 e. The summed E-state index contributed by atoms with van der Waals surface area (Å²) < 4.78 is 27.8. The van der Waals surface area contributed by atoms with Gasteiger partial charge < -0.3 is 10.2 Å². The third-order valence-electron chi connectivity index (χ3n) is 5.47. The predicted molar refractivity (Wildman–Crippen MR) is 115 cm³/mol. The molecule has 0 saturated carbocycles. The van der Waals surface area contributed by atoms with Crippen LogP contribution in [-0.4, -0.2) is 23.3 Å². The van der Waals surface area contributed by atoms with Crippen LogP contribution >= 0.6 is 0 Å². The van der Waals surface area contributed by atoms with E-state index < -0.39 is 23.5 Å². The molecule has 0 fully saturated rings. The Hall–Kier alpha value is -3.61. The number of hydrogen-bond donors (Lipinski definition) is 1. The number of hydrogen-bond acceptors (Lipinski definition) is 3. The van der Waals surface area contributed by atoms with Crippen molar-refractivity contribution in [2.24, 2.45) is 0 Å². The largest absolute Gasteiger partial charge is 0.324 e. The lowest BCUT2D eigenvalue weighted by Gasteiger charge is -2.24. The van der Waals surface area contributed by atoms with Gasteiger partial charge in [-0.2, -0.15) is 0 Å². The topological polar surface area (TPSA) is 62.3 Å². The third-order valence-corrected chi connectivity index (χ3v) is 5.47. The molecular formula is C24H21F2N3O2. The van der Waals surface area contributed by atoms with Crippen molar-refractivity contribution >= 4 is 23.2 Å². The average Bonchev–Trinajstić information content (AvgIpc) is 2.80. The first-order valence-electron chi connectivity index (χ1n) is 9.88. The Bertz CT molecular complexity index is 1210. The molecule has 1 aliphatic heterocycles. The van der Waals surface area contributed by atoms with E-state index in [0.29, 0.717) is 39.3 Å². The fourth-order valence-corrected chi connectivity index (χ4v) is 3.78. The van der Waals surface area contributed by atoms with E-state index >= 15 is 0 Å². The van der Waals surface area contributed by atoms with Gasteiger partial charge in [-0.05, 0) is 67.8 Å². The van der Waals surface area contributed by atoms with Crippen LogP contribution in [0.4, 0.5) is 20.2 Å². The first kappa shape index (κ1) is 20.7. The zero-order valence-electron chi connectivity index (χ0n) is 17.4. The second kappa shape index (κ2) is 7.91.